The maximum atomic E-state index is 12.4. The molecule has 21 heavy (non-hydrogen) atoms. The molecule has 3 N–H and O–H groups in total. The van der Waals surface area contributed by atoms with Crippen LogP contribution in [0.4, 0.5) is 10.8 Å². The van der Waals surface area contributed by atoms with Crippen molar-refractivity contribution in [2.45, 2.75) is 25.7 Å². The topological polar surface area (TPSA) is 77.2 Å². The van der Waals surface area contributed by atoms with Gasteiger partial charge in [0, 0.05) is 10.6 Å². The Kier molecular flexibility index (Phi) is 3.79. The third kappa shape index (κ3) is 2.85. The standard InChI is InChI=1S/C15H17N3O2S/c1-20-12-7-6-9(16)8-10(12)14(19)18-15-17-11-4-2-3-5-13(11)21-15/h6-8H,2-5,16H2,1H3,(H,17,18,19). The second kappa shape index (κ2) is 5.73. The zero-order valence-electron chi connectivity index (χ0n) is 11.8. The molecule has 1 heterocycles. The van der Waals surface area contributed by atoms with Crippen LogP contribution >= 0.6 is 11.3 Å². The molecule has 1 aliphatic rings. The number of carbonyl (C=O) groups excluding carboxylic acids is 1. The Hall–Kier alpha value is -2.08. The summed E-state index contributed by atoms with van der Waals surface area (Å²) in [5.74, 6) is 0.258. The smallest absolute Gasteiger partial charge is 0.261 e. The molecule has 0 unspecified atom stereocenters. The average molecular weight is 303 g/mol. The van der Waals surface area contributed by atoms with Gasteiger partial charge in [-0.2, -0.15) is 0 Å². The van der Waals surface area contributed by atoms with Crippen LogP contribution < -0.4 is 15.8 Å². The molecule has 0 saturated carbocycles. The number of benzene rings is 1. The van der Waals surface area contributed by atoms with Gasteiger partial charge in [0.2, 0.25) is 0 Å². The van der Waals surface area contributed by atoms with Gasteiger partial charge in [-0.25, -0.2) is 4.98 Å². The Morgan fingerprint density at radius 2 is 2.19 bits per heavy atom. The minimum Gasteiger partial charge on any atom is -0.496 e. The first-order valence-corrected chi connectivity index (χ1v) is 7.72. The lowest BCUT2D eigenvalue weighted by Crippen LogP contribution is -2.13. The van der Waals surface area contributed by atoms with Crippen molar-refractivity contribution in [3.8, 4) is 5.75 Å². The molecule has 2 aromatic rings. The van der Waals surface area contributed by atoms with Crippen LogP contribution in [-0.2, 0) is 12.8 Å². The number of aromatic nitrogens is 1. The fourth-order valence-corrected chi connectivity index (χ4v) is 3.52. The fraction of sp³-hybridized carbons (Fsp3) is 0.333. The van der Waals surface area contributed by atoms with Crippen molar-refractivity contribution in [2.75, 3.05) is 18.2 Å². The molecule has 0 spiro atoms. The molecule has 5 nitrogen and oxygen atoms in total. The predicted octanol–water partition coefficient (Wildman–Crippen LogP) is 2.87. The van der Waals surface area contributed by atoms with Gasteiger partial charge in [0.25, 0.3) is 5.91 Å². The number of hydrogen-bond acceptors (Lipinski definition) is 5. The molecule has 1 aliphatic carbocycles. The van der Waals surface area contributed by atoms with Crippen LogP contribution in [0.3, 0.4) is 0 Å². The van der Waals surface area contributed by atoms with Crippen molar-refractivity contribution in [3.05, 3.63) is 34.3 Å². The van der Waals surface area contributed by atoms with Gasteiger partial charge in [-0.05, 0) is 43.9 Å². The summed E-state index contributed by atoms with van der Waals surface area (Å²) in [5, 5.41) is 3.50. The lowest BCUT2D eigenvalue weighted by molar-refractivity contribution is 0.102. The Labute approximate surface area is 127 Å². The van der Waals surface area contributed by atoms with Gasteiger partial charge < -0.3 is 10.5 Å². The number of nitrogen functional groups attached to an aromatic ring is 1. The van der Waals surface area contributed by atoms with E-state index in [1.54, 1.807) is 29.5 Å². The number of hydrogen-bond donors (Lipinski definition) is 2. The number of ether oxygens (including phenoxy) is 1. The Morgan fingerprint density at radius 1 is 1.38 bits per heavy atom. The fourth-order valence-electron chi connectivity index (χ4n) is 2.47. The first kappa shape index (κ1) is 13.9. The molecule has 6 heteroatoms. The number of amides is 1. The highest BCUT2D eigenvalue weighted by Crippen LogP contribution is 2.30. The van der Waals surface area contributed by atoms with Crippen molar-refractivity contribution in [2.24, 2.45) is 0 Å². The van der Waals surface area contributed by atoms with Gasteiger partial charge in [0.05, 0.1) is 18.4 Å². The number of fused-ring (bicyclic) bond motifs is 1. The maximum Gasteiger partial charge on any atom is 0.261 e. The van der Waals surface area contributed by atoms with E-state index < -0.39 is 0 Å². The first-order chi connectivity index (χ1) is 10.2. The summed E-state index contributed by atoms with van der Waals surface area (Å²) in [4.78, 5) is 18.2. The molecule has 1 aromatic carbocycles. The summed E-state index contributed by atoms with van der Waals surface area (Å²) >= 11 is 1.56. The molecule has 110 valence electrons. The van der Waals surface area contributed by atoms with E-state index in [2.05, 4.69) is 10.3 Å². The van der Waals surface area contributed by atoms with Gasteiger partial charge in [-0.15, -0.1) is 11.3 Å². The molecule has 0 bridgehead atoms. The SMILES string of the molecule is COc1ccc(N)cc1C(=O)Nc1nc2c(s1)CCCC2. The molecule has 0 saturated heterocycles. The molecular weight excluding hydrogens is 286 g/mol. The van der Waals surface area contributed by atoms with Gasteiger partial charge in [-0.3, -0.25) is 10.1 Å². The molecule has 0 radical (unpaired) electrons. The second-order valence-corrected chi connectivity index (χ2v) is 6.09. The monoisotopic (exact) mass is 303 g/mol. The normalized spacial score (nSPS) is 13.6. The largest absolute Gasteiger partial charge is 0.496 e. The van der Waals surface area contributed by atoms with Gasteiger partial charge in [0.15, 0.2) is 5.13 Å². The number of aryl methyl sites for hydroxylation is 2. The van der Waals surface area contributed by atoms with E-state index in [1.807, 2.05) is 0 Å². The molecule has 0 aliphatic heterocycles. The van der Waals surface area contributed by atoms with Gasteiger partial charge in [-0.1, -0.05) is 0 Å². The van der Waals surface area contributed by atoms with Crippen molar-refractivity contribution in [1.29, 1.82) is 0 Å². The average Bonchev–Trinajstić information content (AvgIpc) is 2.89. The van der Waals surface area contributed by atoms with Crippen LogP contribution in [0.25, 0.3) is 0 Å². The zero-order valence-corrected chi connectivity index (χ0v) is 12.6. The quantitative estimate of drug-likeness (QED) is 0.855. The number of nitrogens with two attached hydrogens (primary N) is 1. The van der Waals surface area contributed by atoms with Gasteiger partial charge in [0.1, 0.15) is 5.75 Å². The highest BCUT2D eigenvalue weighted by atomic mass is 32.1. The van der Waals surface area contributed by atoms with Crippen LogP contribution in [0.15, 0.2) is 18.2 Å². The number of nitrogens with one attached hydrogen (secondary N) is 1. The molecule has 1 amide bonds. The number of nitrogens with zero attached hydrogens (tertiary/aromatic N) is 1. The second-order valence-electron chi connectivity index (χ2n) is 5.01. The summed E-state index contributed by atoms with van der Waals surface area (Å²) in [6, 6.07) is 5.01. The zero-order chi connectivity index (χ0) is 14.8. The minimum atomic E-state index is -0.245. The first-order valence-electron chi connectivity index (χ1n) is 6.91. The van der Waals surface area contributed by atoms with E-state index >= 15 is 0 Å². The number of thiazole rings is 1. The van der Waals surface area contributed by atoms with E-state index in [-0.39, 0.29) is 5.91 Å². The molecule has 1 aromatic heterocycles. The van der Waals surface area contributed by atoms with Crippen LogP contribution in [-0.4, -0.2) is 18.0 Å². The number of carbonyl (C=O) groups is 1. The van der Waals surface area contributed by atoms with Crippen molar-refractivity contribution >= 4 is 28.1 Å². The van der Waals surface area contributed by atoms with Crippen LogP contribution in [0.5, 0.6) is 5.75 Å². The summed E-state index contributed by atoms with van der Waals surface area (Å²) in [6.45, 7) is 0. The summed E-state index contributed by atoms with van der Waals surface area (Å²) < 4.78 is 5.21. The molecule has 0 fully saturated rings. The highest BCUT2D eigenvalue weighted by molar-refractivity contribution is 7.15. The van der Waals surface area contributed by atoms with Crippen molar-refractivity contribution in [1.82, 2.24) is 4.98 Å². The number of rotatable bonds is 3. The summed E-state index contributed by atoms with van der Waals surface area (Å²) in [6.07, 6.45) is 4.44. The Morgan fingerprint density at radius 3 is 2.95 bits per heavy atom. The lowest BCUT2D eigenvalue weighted by atomic mass is 10.0. The van der Waals surface area contributed by atoms with Crippen LogP contribution in [0.2, 0.25) is 0 Å². The predicted molar refractivity (Wildman–Crippen MR) is 84.1 cm³/mol. The Balaban J connectivity index is 1.83. The van der Waals surface area contributed by atoms with Crippen LogP contribution in [0, 0.1) is 0 Å². The third-order valence-electron chi connectivity index (χ3n) is 3.53. The van der Waals surface area contributed by atoms with E-state index in [0.717, 1.165) is 18.5 Å². The number of anilines is 2. The van der Waals surface area contributed by atoms with Crippen LogP contribution in [0.1, 0.15) is 33.8 Å². The van der Waals surface area contributed by atoms with E-state index in [9.17, 15) is 4.79 Å². The number of methoxy groups -OCH3 is 1. The van der Waals surface area contributed by atoms with E-state index in [4.69, 9.17) is 10.5 Å². The van der Waals surface area contributed by atoms with Crippen molar-refractivity contribution < 1.29 is 9.53 Å². The molecule has 3 rings (SSSR count). The molecular formula is C15H17N3O2S. The Bertz CT molecular complexity index is 658. The summed E-state index contributed by atoms with van der Waals surface area (Å²) in [5.41, 5.74) is 7.82. The lowest BCUT2D eigenvalue weighted by Gasteiger charge is -2.08. The highest BCUT2D eigenvalue weighted by Gasteiger charge is 2.18. The van der Waals surface area contributed by atoms with Gasteiger partial charge >= 0.3 is 0 Å². The molecule has 0 atom stereocenters. The minimum absolute atomic E-state index is 0.245. The third-order valence-corrected chi connectivity index (χ3v) is 4.61. The summed E-state index contributed by atoms with van der Waals surface area (Å²) in [7, 11) is 1.53. The maximum absolute atomic E-state index is 12.4. The van der Waals surface area contributed by atoms with Crippen molar-refractivity contribution in [3.63, 3.8) is 0 Å². The van der Waals surface area contributed by atoms with E-state index in [0.29, 0.717) is 22.1 Å². The van der Waals surface area contributed by atoms with E-state index in [1.165, 1.54) is 24.8 Å².